The van der Waals surface area contributed by atoms with Crippen LogP contribution in [-0.4, -0.2) is 35.5 Å². The molecule has 0 unspecified atom stereocenters. The Kier molecular flexibility index (Phi) is 4.88. The molecule has 4 rings (SSSR count). The van der Waals surface area contributed by atoms with E-state index in [0.717, 1.165) is 34.0 Å². The number of rotatable bonds is 5. The summed E-state index contributed by atoms with van der Waals surface area (Å²) in [6.07, 6.45) is 5.73. The van der Waals surface area contributed by atoms with Crippen molar-refractivity contribution in [2.45, 2.75) is 6.54 Å². The fourth-order valence-corrected chi connectivity index (χ4v) is 3.28. The minimum atomic E-state index is 0.652. The molecule has 0 fully saturated rings. The van der Waals surface area contributed by atoms with Gasteiger partial charge in [0.1, 0.15) is 0 Å². The van der Waals surface area contributed by atoms with Crippen LogP contribution in [0.25, 0.3) is 16.9 Å². The maximum absolute atomic E-state index is 8.96. The molecule has 0 aliphatic rings. The molecular formula is C23H22N6. The lowest BCUT2D eigenvalue weighted by Crippen LogP contribution is -2.17. The van der Waals surface area contributed by atoms with Gasteiger partial charge in [-0.3, -0.25) is 9.38 Å². The number of nitriles is 1. The van der Waals surface area contributed by atoms with Crippen molar-refractivity contribution in [3.05, 3.63) is 78.4 Å². The van der Waals surface area contributed by atoms with Gasteiger partial charge < -0.3 is 9.80 Å². The van der Waals surface area contributed by atoms with Crippen LogP contribution in [0.4, 0.5) is 11.4 Å². The van der Waals surface area contributed by atoms with E-state index in [1.807, 2.05) is 57.8 Å². The SMILES string of the molecule is CN(C)c1ccc(-c2cnc3cnc(CN(C)c4ccc(C#N)cc4)cn23)cc1. The standard InChI is InChI=1S/C23H22N6/c1-27(2)20-10-6-18(7-11-20)22-13-26-23-14-25-19(16-29(22)23)15-28(3)21-8-4-17(12-24)5-9-21/h4-11,13-14,16H,15H2,1-3H3. The van der Waals surface area contributed by atoms with Crippen LogP contribution < -0.4 is 9.80 Å². The van der Waals surface area contributed by atoms with Gasteiger partial charge in [0.25, 0.3) is 0 Å². The third-order valence-corrected chi connectivity index (χ3v) is 4.97. The summed E-state index contributed by atoms with van der Waals surface area (Å²) in [4.78, 5) is 13.3. The molecule has 0 bridgehead atoms. The number of aromatic nitrogens is 3. The van der Waals surface area contributed by atoms with Crippen LogP contribution >= 0.6 is 0 Å². The first kappa shape index (κ1) is 18.5. The van der Waals surface area contributed by atoms with Crippen molar-refractivity contribution in [3.8, 4) is 17.3 Å². The molecule has 4 aromatic rings. The minimum absolute atomic E-state index is 0.652. The first-order valence-electron chi connectivity index (χ1n) is 9.36. The molecule has 0 saturated carbocycles. The molecule has 2 aromatic heterocycles. The summed E-state index contributed by atoms with van der Waals surface area (Å²) in [6.45, 7) is 0.652. The van der Waals surface area contributed by atoms with E-state index in [0.29, 0.717) is 12.1 Å². The lowest BCUT2D eigenvalue weighted by Gasteiger charge is -2.19. The van der Waals surface area contributed by atoms with Gasteiger partial charge in [-0.15, -0.1) is 0 Å². The molecule has 0 aliphatic carbocycles. The Balaban J connectivity index is 1.61. The number of hydrogen-bond donors (Lipinski definition) is 0. The van der Waals surface area contributed by atoms with Gasteiger partial charge in [-0.1, -0.05) is 12.1 Å². The van der Waals surface area contributed by atoms with Crippen molar-refractivity contribution in [2.75, 3.05) is 30.9 Å². The summed E-state index contributed by atoms with van der Waals surface area (Å²) in [5, 5.41) is 8.96. The quantitative estimate of drug-likeness (QED) is 0.523. The molecule has 0 aliphatic heterocycles. The maximum atomic E-state index is 8.96. The number of nitrogens with zero attached hydrogens (tertiary/aromatic N) is 6. The summed E-state index contributed by atoms with van der Waals surface area (Å²) < 4.78 is 2.08. The van der Waals surface area contributed by atoms with E-state index in [4.69, 9.17) is 5.26 Å². The second-order valence-corrected chi connectivity index (χ2v) is 7.21. The molecular weight excluding hydrogens is 360 g/mol. The Bertz CT molecular complexity index is 1170. The fourth-order valence-electron chi connectivity index (χ4n) is 3.28. The highest BCUT2D eigenvalue weighted by Gasteiger charge is 2.10. The second kappa shape index (κ2) is 7.64. The van der Waals surface area contributed by atoms with E-state index >= 15 is 0 Å². The molecule has 2 heterocycles. The average molecular weight is 382 g/mol. The van der Waals surface area contributed by atoms with Crippen LogP contribution in [-0.2, 0) is 6.54 Å². The van der Waals surface area contributed by atoms with Crippen molar-refractivity contribution in [1.82, 2.24) is 14.4 Å². The molecule has 0 atom stereocenters. The Morgan fingerprint density at radius 3 is 2.24 bits per heavy atom. The van der Waals surface area contributed by atoms with Gasteiger partial charge >= 0.3 is 0 Å². The molecule has 6 heteroatoms. The number of benzene rings is 2. The topological polar surface area (TPSA) is 60.5 Å². The van der Waals surface area contributed by atoms with Gasteiger partial charge in [0.15, 0.2) is 5.65 Å². The number of hydrogen-bond acceptors (Lipinski definition) is 5. The summed E-state index contributed by atoms with van der Waals surface area (Å²) in [7, 11) is 6.08. The molecule has 6 nitrogen and oxygen atoms in total. The summed E-state index contributed by atoms with van der Waals surface area (Å²) in [5.41, 5.74) is 6.76. The first-order chi connectivity index (χ1) is 14.0. The number of fused-ring (bicyclic) bond motifs is 1. The van der Waals surface area contributed by atoms with Gasteiger partial charge in [-0.05, 0) is 36.4 Å². The smallest absolute Gasteiger partial charge is 0.155 e. The zero-order valence-electron chi connectivity index (χ0n) is 16.7. The maximum Gasteiger partial charge on any atom is 0.155 e. The zero-order valence-corrected chi connectivity index (χ0v) is 16.7. The third-order valence-electron chi connectivity index (χ3n) is 4.97. The molecule has 0 radical (unpaired) electrons. The highest BCUT2D eigenvalue weighted by Crippen LogP contribution is 2.24. The predicted octanol–water partition coefficient (Wildman–Crippen LogP) is 3.97. The molecule has 144 valence electrons. The number of imidazole rings is 1. The van der Waals surface area contributed by atoms with Crippen LogP contribution in [0.1, 0.15) is 11.3 Å². The Morgan fingerprint density at radius 2 is 1.59 bits per heavy atom. The Morgan fingerprint density at radius 1 is 0.897 bits per heavy atom. The van der Waals surface area contributed by atoms with Crippen LogP contribution in [0.3, 0.4) is 0 Å². The van der Waals surface area contributed by atoms with Gasteiger partial charge in [0.05, 0.1) is 42.0 Å². The minimum Gasteiger partial charge on any atom is -0.378 e. The molecule has 0 N–H and O–H groups in total. The van der Waals surface area contributed by atoms with Gasteiger partial charge in [-0.2, -0.15) is 5.26 Å². The highest BCUT2D eigenvalue weighted by atomic mass is 15.1. The van der Waals surface area contributed by atoms with Crippen molar-refractivity contribution in [3.63, 3.8) is 0 Å². The van der Waals surface area contributed by atoms with Crippen molar-refractivity contribution in [2.24, 2.45) is 0 Å². The lowest BCUT2D eigenvalue weighted by atomic mass is 10.1. The first-order valence-corrected chi connectivity index (χ1v) is 9.36. The Labute approximate surface area is 170 Å². The molecule has 0 spiro atoms. The molecule has 0 amide bonds. The summed E-state index contributed by atoms with van der Waals surface area (Å²) >= 11 is 0. The van der Waals surface area contributed by atoms with Crippen molar-refractivity contribution < 1.29 is 0 Å². The van der Waals surface area contributed by atoms with Gasteiger partial charge in [0.2, 0.25) is 0 Å². The normalized spacial score (nSPS) is 10.7. The van der Waals surface area contributed by atoms with Gasteiger partial charge in [0, 0.05) is 44.3 Å². The average Bonchev–Trinajstić information content (AvgIpc) is 3.17. The largest absolute Gasteiger partial charge is 0.378 e. The van der Waals surface area contributed by atoms with E-state index in [-0.39, 0.29) is 0 Å². The summed E-state index contributed by atoms with van der Waals surface area (Å²) in [6, 6.07) is 18.1. The second-order valence-electron chi connectivity index (χ2n) is 7.21. The van der Waals surface area contributed by atoms with Crippen molar-refractivity contribution >= 4 is 17.0 Å². The van der Waals surface area contributed by atoms with Crippen LogP contribution in [0.15, 0.2) is 67.1 Å². The Hall–Kier alpha value is -3.85. The lowest BCUT2D eigenvalue weighted by molar-refractivity contribution is 0.869. The van der Waals surface area contributed by atoms with Crippen LogP contribution in [0.5, 0.6) is 0 Å². The highest BCUT2D eigenvalue weighted by molar-refractivity contribution is 5.66. The fraction of sp³-hybridized carbons (Fsp3) is 0.174. The van der Waals surface area contributed by atoms with E-state index in [9.17, 15) is 0 Å². The van der Waals surface area contributed by atoms with Crippen LogP contribution in [0.2, 0.25) is 0 Å². The monoisotopic (exact) mass is 382 g/mol. The van der Waals surface area contributed by atoms with E-state index < -0.39 is 0 Å². The summed E-state index contributed by atoms with van der Waals surface area (Å²) in [5.74, 6) is 0. The molecule has 0 saturated heterocycles. The van der Waals surface area contributed by atoms with Gasteiger partial charge in [-0.25, -0.2) is 4.98 Å². The predicted molar refractivity (Wildman–Crippen MR) is 116 cm³/mol. The number of anilines is 2. The third kappa shape index (κ3) is 3.76. The van der Waals surface area contributed by atoms with Crippen LogP contribution in [0, 0.1) is 11.3 Å². The van der Waals surface area contributed by atoms with E-state index in [2.05, 4.69) is 54.5 Å². The van der Waals surface area contributed by atoms with Crippen molar-refractivity contribution in [1.29, 1.82) is 5.26 Å². The molecule has 2 aromatic carbocycles. The van der Waals surface area contributed by atoms with E-state index in [1.165, 1.54) is 0 Å². The zero-order chi connectivity index (χ0) is 20.4. The molecule has 29 heavy (non-hydrogen) atoms. The van der Waals surface area contributed by atoms with E-state index in [1.54, 1.807) is 6.20 Å².